The van der Waals surface area contributed by atoms with Gasteiger partial charge in [0.15, 0.2) is 0 Å². The Hall–Kier alpha value is 1.79. The molecule has 0 bridgehead atoms. The largest absolute Gasteiger partial charge is 1.00 e. The van der Waals surface area contributed by atoms with E-state index in [1.165, 1.54) is 19.3 Å². The Morgan fingerprint density at radius 2 is 1.62 bits per heavy atom. The zero-order valence-electron chi connectivity index (χ0n) is 8.66. The summed E-state index contributed by atoms with van der Waals surface area (Å²) in [6.07, 6.45) is 6.11. The summed E-state index contributed by atoms with van der Waals surface area (Å²) in [5.74, 6) is 0. The first kappa shape index (κ1) is 17.2. The molecule has 0 fully saturated rings. The molecule has 0 aromatic carbocycles. The smallest absolute Gasteiger partial charge is 0.779 e. The minimum Gasteiger partial charge on any atom is -0.779 e. The Labute approximate surface area is 123 Å². The molecule has 0 amide bonds. The Bertz CT molecular complexity index is 146. The van der Waals surface area contributed by atoms with Crippen molar-refractivity contribution in [3.8, 4) is 0 Å². The predicted molar refractivity (Wildman–Crippen MR) is 48.1 cm³/mol. The van der Waals surface area contributed by atoms with E-state index in [1.54, 1.807) is 0 Å². The van der Waals surface area contributed by atoms with Gasteiger partial charge in [0.1, 0.15) is 7.60 Å². The average molecular weight is 232 g/mol. The molecule has 0 rings (SSSR count). The maximum absolute atomic E-state index is 10.3. The Morgan fingerprint density at radius 3 is 2.08 bits per heavy atom. The molecule has 0 saturated carbocycles. The molecule has 0 heterocycles. The van der Waals surface area contributed by atoms with Crippen molar-refractivity contribution >= 4 is 7.60 Å². The minimum absolute atomic E-state index is 0. The molecule has 1 unspecified atom stereocenters. The molecular weight excluding hydrogens is 214 g/mol. The van der Waals surface area contributed by atoms with E-state index in [2.05, 4.69) is 6.92 Å². The molecule has 3 nitrogen and oxygen atoms in total. The van der Waals surface area contributed by atoms with Gasteiger partial charge in [-0.05, 0) is 6.42 Å². The fourth-order valence-electron chi connectivity index (χ4n) is 1.09. The van der Waals surface area contributed by atoms with Crippen LogP contribution in [0.15, 0.2) is 0 Å². The molecule has 0 aliphatic carbocycles. The second-order valence-electron chi connectivity index (χ2n) is 3.13. The van der Waals surface area contributed by atoms with Crippen LogP contribution in [0.25, 0.3) is 0 Å². The molecule has 0 spiro atoms. The van der Waals surface area contributed by atoms with Crippen LogP contribution in [0, 0.1) is 0 Å². The van der Waals surface area contributed by atoms with Crippen molar-refractivity contribution in [2.45, 2.75) is 45.4 Å². The van der Waals surface area contributed by atoms with Crippen LogP contribution in [0.4, 0.5) is 0 Å². The van der Waals surface area contributed by atoms with Gasteiger partial charge in [-0.15, -0.1) is 0 Å². The van der Waals surface area contributed by atoms with E-state index in [1.807, 2.05) is 0 Å². The Morgan fingerprint density at radius 1 is 1.15 bits per heavy atom. The van der Waals surface area contributed by atoms with Crippen LogP contribution in [-0.4, -0.2) is 11.1 Å². The zero-order chi connectivity index (χ0) is 9.45. The van der Waals surface area contributed by atoms with Crippen molar-refractivity contribution in [3.63, 3.8) is 0 Å². The molecule has 13 heavy (non-hydrogen) atoms. The average Bonchev–Trinajstić information content (AvgIpc) is 1.94. The maximum atomic E-state index is 10.3. The molecular formula is C8H18KO3P. The van der Waals surface area contributed by atoms with Gasteiger partial charge in [-0.3, -0.25) is 0 Å². The van der Waals surface area contributed by atoms with Gasteiger partial charge in [0.2, 0.25) is 0 Å². The number of unbranched alkanes of at least 4 members (excludes halogenated alkanes) is 5. The molecule has 0 aromatic heterocycles. The molecule has 0 aromatic rings. The number of hydrogen-bond donors (Lipinski definition) is 1. The van der Waals surface area contributed by atoms with Gasteiger partial charge in [0, 0.05) is 6.16 Å². The van der Waals surface area contributed by atoms with Crippen molar-refractivity contribution in [1.82, 2.24) is 0 Å². The molecule has 0 radical (unpaired) electrons. The first-order valence-corrected chi connectivity index (χ1v) is 6.35. The van der Waals surface area contributed by atoms with E-state index >= 15 is 0 Å². The molecule has 0 aliphatic heterocycles. The van der Waals surface area contributed by atoms with Crippen LogP contribution in [0.5, 0.6) is 0 Å². The van der Waals surface area contributed by atoms with Crippen LogP contribution in [-0.2, 0) is 4.57 Å². The van der Waals surface area contributed by atoms with E-state index in [0.717, 1.165) is 12.8 Å². The van der Waals surface area contributed by atoms with Crippen molar-refractivity contribution in [2.75, 3.05) is 6.16 Å². The summed E-state index contributed by atoms with van der Waals surface area (Å²) in [5.41, 5.74) is 0. The van der Waals surface area contributed by atoms with Gasteiger partial charge in [-0.25, -0.2) is 0 Å². The van der Waals surface area contributed by atoms with Gasteiger partial charge in [0.05, 0.1) is 0 Å². The molecule has 0 saturated heterocycles. The minimum atomic E-state index is -3.97. The second-order valence-corrected chi connectivity index (χ2v) is 4.85. The molecule has 74 valence electrons. The topological polar surface area (TPSA) is 60.4 Å². The van der Waals surface area contributed by atoms with Crippen molar-refractivity contribution in [3.05, 3.63) is 0 Å². The van der Waals surface area contributed by atoms with Gasteiger partial charge in [0.25, 0.3) is 0 Å². The van der Waals surface area contributed by atoms with Gasteiger partial charge in [-0.2, -0.15) is 0 Å². The van der Waals surface area contributed by atoms with E-state index < -0.39 is 7.60 Å². The van der Waals surface area contributed by atoms with Gasteiger partial charge < -0.3 is 14.4 Å². The predicted octanol–water partition coefficient (Wildman–Crippen LogP) is -1.10. The van der Waals surface area contributed by atoms with Crippen LogP contribution < -0.4 is 56.3 Å². The van der Waals surface area contributed by atoms with E-state index in [9.17, 15) is 9.46 Å². The molecule has 5 heteroatoms. The summed E-state index contributed by atoms with van der Waals surface area (Å²) in [6, 6.07) is 0. The molecule has 1 N–H and O–H groups in total. The van der Waals surface area contributed by atoms with E-state index in [4.69, 9.17) is 4.89 Å². The SMILES string of the molecule is CCCCCCCCP(=O)([O-])O.[K+]. The summed E-state index contributed by atoms with van der Waals surface area (Å²) in [5, 5.41) is 0. The third-order valence-electron chi connectivity index (χ3n) is 1.79. The van der Waals surface area contributed by atoms with Gasteiger partial charge in [-0.1, -0.05) is 39.0 Å². The number of hydrogen-bond acceptors (Lipinski definition) is 2. The molecule has 1 atom stereocenters. The summed E-state index contributed by atoms with van der Waals surface area (Å²) in [7, 11) is -3.97. The third-order valence-corrected chi connectivity index (χ3v) is 2.68. The van der Waals surface area contributed by atoms with E-state index in [0.29, 0.717) is 6.42 Å². The van der Waals surface area contributed by atoms with Crippen LogP contribution >= 0.6 is 7.60 Å². The number of rotatable bonds is 7. The zero-order valence-corrected chi connectivity index (χ0v) is 12.7. The fraction of sp³-hybridized carbons (Fsp3) is 1.00. The van der Waals surface area contributed by atoms with E-state index in [-0.39, 0.29) is 57.5 Å². The summed E-state index contributed by atoms with van der Waals surface area (Å²) in [4.78, 5) is 18.7. The van der Waals surface area contributed by atoms with Crippen LogP contribution in [0.2, 0.25) is 0 Å². The maximum Gasteiger partial charge on any atom is 1.00 e. The summed E-state index contributed by atoms with van der Waals surface area (Å²) >= 11 is 0. The Balaban J connectivity index is 0. The second kappa shape index (κ2) is 10.3. The van der Waals surface area contributed by atoms with Crippen molar-refractivity contribution in [2.24, 2.45) is 0 Å². The van der Waals surface area contributed by atoms with Crippen LogP contribution in [0.3, 0.4) is 0 Å². The fourth-order valence-corrected chi connectivity index (χ4v) is 1.72. The van der Waals surface area contributed by atoms with Crippen molar-refractivity contribution < 1.29 is 65.7 Å². The summed E-state index contributed by atoms with van der Waals surface area (Å²) < 4.78 is 10.3. The standard InChI is InChI=1S/C8H19O3P.K/c1-2-3-4-5-6-7-8-12(9,10)11;/h2-8H2,1H3,(H2,9,10,11);/q;+1/p-1. The normalized spacial score (nSPS) is 14.7. The van der Waals surface area contributed by atoms with Gasteiger partial charge >= 0.3 is 51.4 Å². The Kier molecular flexibility index (Phi) is 13.6. The first-order valence-electron chi connectivity index (χ1n) is 4.59. The monoisotopic (exact) mass is 232 g/mol. The molecule has 0 aliphatic rings. The quantitative estimate of drug-likeness (QED) is 0.344. The van der Waals surface area contributed by atoms with Crippen LogP contribution in [0.1, 0.15) is 45.4 Å². The summed E-state index contributed by atoms with van der Waals surface area (Å²) in [6.45, 7) is 2.14. The first-order chi connectivity index (χ1) is 5.56. The van der Waals surface area contributed by atoms with Crippen molar-refractivity contribution in [1.29, 1.82) is 0 Å². The third kappa shape index (κ3) is 16.5.